The number of rotatable bonds is 6. The molecule has 3 heterocycles. The predicted octanol–water partition coefficient (Wildman–Crippen LogP) is 4.39. The number of aromatic amines is 1. The van der Waals surface area contributed by atoms with E-state index in [-0.39, 0.29) is 11.6 Å². The number of anilines is 1. The number of nitrogens with zero attached hydrogens (tertiary/aromatic N) is 4. The smallest absolute Gasteiger partial charge is 0.422 e. The van der Waals surface area contributed by atoms with E-state index >= 15 is 0 Å². The molecule has 0 saturated carbocycles. The number of benzene rings is 1. The van der Waals surface area contributed by atoms with Crippen LogP contribution in [0.2, 0.25) is 0 Å². The highest BCUT2D eigenvalue weighted by Gasteiger charge is 2.29. The Morgan fingerprint density at radius 1 is 1.19 bits per heavy atom. The zero-order valence-electron chi connectivity index (χ0n) is 17.7. The zero-order valence-corrected chi connectivity index (χ0v) is 18.5. The second kappa shape index (κ2) is 9.14. The molecule has 1 aliphatic heterocycles. The van der Waals surface area contributed by atoms with Crippen LogP contribution in [0.25, 0.3) is 11.0 Å². The maximum Gasteiger partial charge on any atom is 0.422 e. The summed E-state index contributed by atoms with van der Waals surface area (Å²) in [5.41, 5.74) is 2.94. The lowest BCUT2D eigenvalue weighted by Gasteiger charge is -2.34. The Kier molecular flexibility index (Phi) is 6.47. The lowest BCUT2D eigenvalue weighted by molar-refractivity contribution is -0.153. The molecule has 0 atom stereocenters. The highest BCUT2D eigenvalue weighted by atomic mass is 32.2. The van der Waals surface area contributed by atoms with E-state index in [0.29, 0.717) is 38.9 Å². The molecule has 11 heteroatoms. The minimum Gasteiger partial charge on any atom is -0.484 e. The molecular weight excluding hydrogens is 446 g/mol. The van der Waals surface area contributed by atoms with E-state index in [9.17, 15) is 17.6 Å². The highest BCUT2D eigenvalue weighted by molar-refractivity contribution is 7.98. The molecular formula is C21H23F4N5OS. The Bertz CT molecular complexity index is 1100. The second-order valence-electron chi connectivity index (χ2n) is 7.73. The highest BCUT2D eigenvalue weighted by Crippen LogP contribution is 2.30. The molecule has 1 N–H and O–H groups in total. The molecule has 2 aromatic heterocycles. The fraction of sp³-hybridized carbons (Fsp3) is 0.429. The van der Waals surface area contributed by atoms with Crippen LogP contribution >= 0.6 is 11.8 Å². The van der Waals surface area contributed by atoms with Gasteiger partial charge in [0.25, 0.3) is 0 Å². The third-order valence-corrected chi connectivity index (χ3v) is 6.25. The predicted molar refractivity (Wildman–Crippen MR) is 116 cm³/mol. The van der Waals surface area contributed by atoms with Crippen molar-refractivity contribution in [3.05, 3.63) is 41.5 Å². The van der Waals surface area contributed by atoms with Gasteiger partial charge in [0.1, 0.15) is 11.6 Å². The molecule has 32 heavy (non-hydrogen) atoms. The van der Waals surface area contributed by atoms with Gasteiger partial charge in [0.2, 0.25) is 0 Å². The van der Waals surface area contributed by atoms with Crippen molar-refractivity contribution >= 4 is 28.5 Å². The van der Waals surface area contributed by atoms with Crippen LogP contribution in [0.4, 0.5) is 23.2 Å². The molecule has 6 nitrogen and oxygen atoms in total. The van der Waals surface area contributed by atoms with Crippen molar-refractivity contribution in [3.63, 3.8) is 0 Å². The number of fused-ring (bicyclic) bond motifs is 1. The second-order valence-corrected chi connectivity index (χ2v) is 8.69. The number of thioether (sulfide) groups is 1. The number of hydrogen-bond donors (Lipinski definition) is 1. The molecule has 1 saturated heterocycles. The number of H-pyrrole nitrogens is 1. The lowest BCUT2D eigenvalue weighted by Crippen LogP contribution is -2.44. The maximum absolute atomic E-state index is 14.7. The average Bonchev–Trinajstić information content (AvgIpc) is 3.13. The van der Waals surface area contributed by atoms with Crippen LogP contribution in [-0.4, -0.2) is 65.9 Å². The average molecular weight is 470 g/mol. The first kappa shape index (κ1) is 22.7. The molecule has 1 fully saturated rings. The van der Waals surface area contributed by atoms with Crippen molar-refractivity contribution in [1.82, 2.24) is 19.9 Å². The van der Waals surface area contributed by atoms with E-state index in [1.54, 1.807) is 13.0 Å². The van der Waals surface area contributed by atoms with Crippen molar-refractivity contribution in [2.45, 2.75) is 24.0 Å². The van der Waals surface area contributed by atoms with Gasteiger partial charge < -0.3 is 19.5 Å². The van der Waals surface area contributed by atoms with Gasteiger partial charge in [-0.1, -0.05) is 11.8 Å². The molecule has 0 radical (unpaired) electrons. The number of piperazine rings is 1. The summed E-state index contributed by atoms with van der Waals surface area (Å²) in [5.74, 6) is 0.230. The first-order valence-electron chi connectivity index (χ1n) is 10.1. The molecule has 0 amide bonds. The number of halogens is 4. The Hall–Kier alpha value is -2.53. The van der Waals surface area contributed by atoms with Gasteiger partial charge in [0.05, 0.1) is 22.4 Å². The normalized spacial score (nSPS) is 15.5. The van der Waals surface area contributed by atoms with Crippen LogP contribution < -0.4 is 9.64 Å². The monoisotopic (exact) mass is 469 g/mol. The van der Waals surface area contributed by atoms with E-state index < -0.39 is 12.8 Å². The third kappa shape index (κ3) is 5.26. The van der Waals surface area contributed by atoms with Gasteiger partial charge in [0, 0.05) is 49.8 Å². The van der Waals surface area contributed by atoms with E-state index in [1.165, 1.54) is 30.1 Å². The largest absolute Gasteiger partial charge is 0.484 e. The number of pyridine rings is 1. The van der Waals surface area contributed by atoms with Crippen molar-refractivity contribution < 1.29 is 22.3 Å². The van der Waals surface area contributed by atoms with Crippen molar-refractivity contribution in [2.24, 2.45) is 0 Å². The summed E-state index contributed by atoms with van der Waals surface area (Å²) in [4.78, 5) is 16.1. The fourth-order valence-corrected chi connectivity index (χ4v) is 4.42. The molecule has 0 unspecified atom stereocenters. The summed E-state index contributed by atoms with van der Waals surface area (Å²) in [6.07, 6.45) is -2.98. The minimum atomic E-state index is -4.41. The number of likely N-dealkylation sites (N-methyl/N-ethyl adjacent to an activating group) is 1. The van der Waals surface area contributed by atoms with Crippen molar-refractivity contribution in [3.8, 4) is 5.75 Å². The first-order chi connectivity index (χ1) is 15.2. The Labute approximate surface area is 187 Å². The summed E-state index contributed by atoms with van der Waals surface area (Å²) in [6, 6.07) is 4.62. The minimum absolute atomic E-state index is 0.149. The van der Waals surface area contributed by atoms with Gasteiger partial charge in [-0.05, 0) is 26.1 Å². The SMILES string of the molecule is Cc1c(OCC(F)(F)F)ccnc1CSc1nc2cc(N3CCN(C)CC3)c(F)cc2[nH]1. The molecule has 0 aliphatic carbocycles. The van der Waals surface area contributed by atoms with Crippen molar-refractivity contribution in [1.29, 1.82) is 0 Å². The van der Waals surface area contributed by atoms with Gasteiger partial charge in [-0.2, -0.15) is 13.2 Å². The van der Waals surface area contributed by atoms with Gasteiger partial charge in [-0.25, -0.2) is 9.37 Å². The van der Waals surface area contributed by atoms with E-state index in [4.69, 9.17) is 4.74 Å². The molecule has 1 aliphatic rings. The van der Waals surface area contributed by atoms with Gasteiger partial charge >= 0.3 is 6.18 Å². The molecule has 0 bridgehead atoms. The standard InChI is InChI=1S/C21H23F4N5OS/c1-13-17(26-4-3-19(13)31-12-21(23,24)25)11-32-20-27-15-9-14(22)18(10-16(15)28-20)30-7-5-29(2)6-8-30/h3-4,9-10H,5-8,11-12H2,1-2H3,(H,27,28). The van der Waals surface area contributed by atoms with Gasteiger partial charge in [0.15, 0.2) is 11.8 Å². The summed E-state index contributed by atoms with van der Waals surface area (Å²) < 4.78 is 56.9. The number of ether oxygens (including phenoxy) is 1. The number of nitrogens with one attached hydrogen (secondary N) is 1. The van der Waals surface area contributed by atoms with Gasteiger partial charge in [-0.3, -0.25) is 4.98 Å². The molecule has 1 aromatic carbocycles. The molecule has 3 aromatic rings. The number of imidazole rings is 1. The first-order valence-corrected chi connectivity index (χ1v) is 11.1. The summed E-state index contributed by atoms with van der Waals surface area (Å²) >= 11 is 1.34. The molecule has 0 spiro atoms. The van der Waals surface area contributed by atoms with Crippen LogP contribution in [0.5, 0.6) is 5.75 Å². The Balaban J connectivity index is 1.47. The topological polar surface area (TPSA) is 57.3 Å². The number of alkyl halides is 3. The quantitative estimate of drug-likeness (QED) is 0.427. The molecule has 172 valence electrons. The van der Waals surface area contributed by atoms with E-state index in [0.717, 1.165) is 26.2 Å². The summed E-state index contributed by atoms with van der Waals surface area (Å²) in [7, 11) is 2.04. The number of aromatic nitrogens is 3. The van der Waals surface area contributed by atoms with E-state index in [2.05, 4.69) is 19.9 Å². The van der Waals surface area contributed by atoms with Gasteiger partial charge in [-0.15, -0.1) is 0 Å². The Morgan fingerprint density at radius 3 is 2.66 bits per heavy atom. The summed E-state index contributed by atoms with van der Waals surface area (Å²) in [6.45, 7) is 3.57. The van der Waals surface area contributed by atoms with Crippen molar-refractivity contribution in [2.75, 3.05) is 44.7 Å². The summed E-state index contributed by atoms with van der Waals surface area (Å²) in [5, 5.41) is 0.581. The van der Waals surface area contributed by atoms with E-state index in [1.807, 2.05) is 11.9 Å². The number of hydrogen-bond acceptors (Lipinski definition) is 6. The third-order valence-electron chi connectivity index (χ3n) is 5.37. The van der Waals surface area contributed by atoms with Crippen LogP contribution in [0.1, 0.15) is 11.3 Å². The lowest BCUT2D eigenvalue weighted by atomic mass is 10.2. The zero-order chi connectivity index (χ0) is 22.9. The van der Waals surface area contributed by atoms with Crippen LogP contribution in [0.3, 0.4) is 0 Å². The maximum atomic E-state index is 14.7. The fourth-order valence-electron chi connectivity index (χ4n) is 3.51. The van der Waals surface area contributed by atoms with Crippen LogP contribution in [0.15, 0.2) is 29.6 Å². The Morgan fingerprint density at radius 2 is 1.94 bits per heavy atom. The van der Waals surface area contributed by atoms with Crippen LogP contribution in [-0.2, 0) is 5.75 Å². The van der Waals surface area contributed by atoms with Crippen LogP contribution in [0, 0.1) is 12.7 Å². The molecule has 4 rings (SSSR count).